The van der Waals surface area contributed by atoms with E-state index in [1.165, 1.54) is 11.3 Å². The van der Waals surface area contributed by atoms with Crippen LogP contribution in [0, 0.1) is 0 Å². The second kappa shape index (κ2) is 4.59. The summed E-state index contributed by atoms with van der Waals surface area (Å²) in [7, 11) is 0. The van der Waals surface area contributed by atoms with Crippen molar-refractivity contribution in [2.75, 3.05) is 5.73 Å². The van der Waals surface area contributed by atoms with Crippen molar-refractivity contribution in [2.45, 2.75) is 13.3 Å². The minimum atomic E-state index is -0.446. The molecule has 0 unspecified atom stereocenters. The minimum absolute atomic E-state index is 0.446. The molecule has 0 radical (unpaired) electrons. The lowest BCUT2D eigenvalue weighted by Gasteiger charge is -2.02. The molecule has 0 aliphatic rings. The van der Waals surface area contributed by atoms with Gasteiger partial charge in [0.25, 0.3) is 5.91 Å². The zero-order chi connectivity index (χ0) is 12.4. The summed E-state index contributed by atoms with van der Waals surface area (Å²) in [6.45, 7) is 2.00. The van der Waals surface area contributed by atoms with Gasteiger partial charge in [-0.05, 0) is 17.5 Å². The van der Waals surface area contributed by atoms with Gasteiger partial charge in [0.05, 0.1) is 10.6 Å². The van der Waals surface area contributed by atoms with E-state index in [2.05, 4.69) is 0 Å². The number of amides is 1. The molecule has 0 atom stereocenters. The van der Waals surface area contributed by atoms with E-state index in [1.807, 2.05) is 37.3 Å². The highest BCUT2D eigenvalue weighted by molar-refractivity contribution is 7.19. The zero-order valence-corrected chi connectivity index (χ0v) is 10.4. The van der Waals surface area contributed by atoms with Crippen molar-refractivity contribution in [3.8, 4) is 10.4 Å². The maximum Gasteiger partial charge on any atom is 0.251 e. The van der Waals surface area contributed by atoms with E-state index in [0.29, 0.717) is 10.6 Å². The monoisotopic (exact) mass is 246 g/mol. The predicted molar refractivity (Wildman–Crippen MR) is 72.1 cm³/mol. The minimum Gasteiger partial charge on any atom is -0.390 e. The third-order valence-corrected chi connectivity index (χ3v) is 3.78. The lowest BCUT2D eigenvalue weighted by Crippen LogP contribution is -2.13. The van der Waals surface area contributed by atoms with Crippen molar-refractivity contribution >= 4 is 22.2 Å². The van der Waals surface area contributed by atoms with Crippen LogP contribution in [0.15, 0.2) is 30.3 Å². The fraction of sp³-hybridized carbons (Fsp3) is 0.154. The fourth-order valence-corrected chi connectivity index (χ4v) is 3.08. The Hall–Kier alpha value is -1.81. The second-order valence-corrected chi connectivity index (χ2v) is 4.79. The van der Waals surface area contributed by atoms with Gasteiger partial charge >= 0.3 is 0 Å². The molecule has 3 nitrogen and oxygen atoms in total. The average Bonchev–Trinajstić information content (AvgIpc) is 2.67. The third kappa shape index (κ3) is 2.03. The van der Waals surface area contributed by atoms with Crippen LogP contribution >= 0.6 is 11.3 Å². The molecule has 0 saturated heterocycles. The first kappa shape index (κ1) is 11.7. The lowest BCUT2D eigenvalue weighted by molar-refractivity contribution is 0.100. The van der Waals surface area contributed by atoms with Crippen LogP contribution in [0.1, 0.15) is 22.8 Å². The lowest BCUT2D eigenvalue weighted by atomic mass is 10.0. The van der Waals surface area contributed by atoms with E-state index in [9.17, 15) is 4.79 Å². The number of rotatable bonds is 3. The molecular formula is C13H14N2OS. The predicted octanol–water partition coefficient (Wildman–Crippen LogP) is 2.66. The Bertz CT molecular complexity index is 546. The first-order valence-corrected chi connectivity index (χ1v) is 6.23. The van der Waals surface area contributed by atoms with Crippen molar-refractivity contribution in [2.24, 2.45) is 5.73 Å². The molecule has 0 spiro atoms. The van der Waals surface area contributed by atoms with Gasteiger partial charge in [-0.15, -0.1) is 11.3 Å². The summed E-state index contributed by atoms with van der Waals surface area (Å²) in [5, 5.41) is 0.508. The smallest absolute Gasteiger partial charge is 0.251 e. The summed E-state index contributed by atoms with van der Waals surface area (Å²) >= 11 is 1.42. The molecule has 0 aliphatic carbocycles. The Morgan fingerprint density at radius 3 is 2.47 bits per heavy atom. The number of carbonyl (C=O) groups is 1. The van der Waals surface area contributed by atoms with E-state index < -0.39 is 5.91 Å². The van der Waals surface area contributed by atoms with Crippen LogP contribution in [0.25, 0.3) is 10.4 Å². The summed E-state index contributed by atoms with van der Waals surface area (Å²) in [6, 6.07) is 9.91. The van der Waals surface area contributed by atoms with Gasteiger partial charge in [0.2, 0.25) is 0 Å². The van der Waals surface area contributed by atoms with Gasteiger partial charge in [0, 0.05) is 4.88 Å². The second-order valence-electron chi connectivity index (χ2n) is 3.73. The standard InChI is InChI=1S/C13H14N2OS/c1-2-9-10(12(14)16)13(15)17-11(9)8-6-4-3-5-7-8/h3-7H,2,15H2,1H3,(H2,14,16). The van der Waals surface area contributed by atoms with Crippen LogP contribution in [0.3, 0.4) is 0 Å². The maximum atomic E-state index is 11.4. The van der Waals surface area contributed by atoms with E-state index in [-0.39, 0.29) is 0 Å². The highest BCUT2D eigenvalue weighted by Crippen LogP contribution is 2.38. The SMILES string of the molecule is CCc1c(-c2ccccc2)sc(N)c1C(N)=O. The highest BCUT2D eigenvalue weighted by atomic mass is 32.1. The number of carbonyl (C=O) groups excluding carboxylic acids is 1. The number of thiophene rings is 1. The van der Waals surface area contributed by atoms with Gasteiger partial charge in [-0.3, -0.25) is 4.79 Å². The van der Waals surface area contributed by atoms with Crippen LogP contribution in [0.5, 0.6) is 0 Å². The van der Waals surface area contributed by atoms with E-state index in [0.717, 1.165) is 22.4 Å². The average molecular weight is 246 g/mol. The number of anilines is 1. The number of primary amides is 1. The van der Waals surface area contributed by atoms with Crippen molar-refractivity contribution in [3.05, 3.63) is 41.5 Å². The topological polar surface area (TPSA) is 69.1 Å². The van der Waals surface area contributed by atoms with Crippen molar-refractivity contribution in [1.82, 2.24) is 0 Å². The highest BCUT2D eigenvalue weighted by Gasteiger charge is 2.19. The maximum absolute atomic E-state index is 11.4. The van der Waals surface area contributed by atoms with Crippen LogP contribution in [-0.4, -0.2) is 5.91 Å². The number of nitrogens with two attached hydrogens (primary N) is 2. The summed E-state index contributed by atoms with van der Waals surface area (Å²) in [4.78, 5) is 12.4. The third-order valence-electron chi connectivity index (χ3n) is 2.67. The van der Waals surface area contributed by atoms with Crippen LogP contribution in [0.2, 0.25) is 0 Å². The van der Waals surface area contributed by atoms with Crippen LogP contribution in [-0.2, 0) is 6.42 Å². The van der Waals surface area contributed by atoms with Crippen molar-refractivity contribution in [3.63, 3.8) is 0 Å². The Balaban J connectivity index is 2.64. The molecule has 1 aromatic carbocycles. The molecule has 0 fully saturated rings. The fourth-order valence-electron chi connectivity index (χ4n) is 1.91. The zero-order valence-electron chi connectivity index (χ0n) is 9.57. The molecule has 1 amide bonds. The van der Waals surface area contributed by atoms with Gasteiger partial charge in [-0.1, -0.05) is 37.3 Å². The van der Waals surface area contributed by atoms with Gasteiger partial charge in [-0.25, -0.2) is 0 Å². The summed E-state index contributed by atoms with van der Waals surface area (Å²) in [5.41, 5.74) is 13.8. The quantitative estimate of drug-likeness (QED) is 0.874. The molecule has 0 aliphatic heterocycles. The first-order chi connectivity index (χ1) is 8.15. The van der Waals surface area contributed by atoms with E-state index >= 15 is 0 Å². The summed E-state index contributed by atoms with van der Waals surface area (Å²) in [5.74, 6) is -0.446. The Labute approximate surface area is 104 Å². The number of hydrogen-bond donors (Lipinski definition) is 2. The number of nitrogen functional groups attached to an aromatic ring is 1. The van der Waals surface area contributed by atoms with Gasteiger partial charge in [-0.2, -0.15) is 0 Å². The van der Waals surface area contributed by atoms with Gasteiger partial charge in [0.15, 0.2) is 0 Å². The Morgan fingerprint density at radius 1 is 1.29 bits per heavy atom. The number of benzene rings is 1. The van der Waals surface area contributed by atoms with E-state index in [4.69, 9.17) is 11.5 Å². The molecule has 1 aromatic heterocycles. The van der Waals surface area contributed by atoms with Crippen LogP contribution < -0.4 is 11.5 Å². The van der Waals surface area contributed by atoms with Crippen molar-refractivity contribution in [1.29, 1.82) is 0 Å². The molecule has 1 heterocycles. The molecule has 0 bridgehead atoms. The first-order valence-electron chi connectivity index (χ1n) is 5.41. The Morgan fingerprint density at radius 2 is 1.94 bits per heavy atom. The Kier molecular flexibility index (Phi) is 3.15. The largest absolute Gasteiger partial charge is 0.390 e. The molecule has 2 rings (SSSR count). The number of hydrogen-bond acceptors (Lipinski definition) is 3. The summed E-state index contributed by atoms with van der Waals surface area (Å²) in [6.07, 6.45) is 0.746. The molecule has 2 aromatic rings. The molecule has 0 saturated carbocycles. The van der Waals surface area contributed by atoms with Gasteiger partial charge in [0.1, 0.15) is 0 Å². The molecule has 88 valence electrons. The summed E-state index contributed by atoms with van der Waals surface area (Å²) < 4.78 is 0. The normalized spacial score (nSPS) is 10.4. The molecule has 4 N–H and O–H groups in total. The molecular weight excluding hydrogens is 232 g/mol. The van der Waals surface area contributed by atoms with E-state index in [1.54, 1.807) is 0 Å². The van der Waals surface area contributed by atoms with Crippen LogP contribution in [0.4, 0.5) is 5.00 Å². The molecule has 4 heteroatoms. The van der Waals surface area contributed by atoms with Gasteiger partial charge < -0.3 is 11.5 Å². The van der Waals surface area contributed by atoms with Crippen molar-refractivity contribution < 1.29 is 4.79 Å². The molecule has 17 heavy (non-hydrogen) atoms.